The van der Waals surface area contributed by atoms with Gasteiger partial charge in [-0.3, -0.25) is 4.79 Å². The van der Waals surface area contributed by atoms with Crippen molar-refractivity contribution in [3.63, 3.8) is 0 Å². The monoisotopic (exact) mass is 365 g/mol. The minimum atomic E-state index is -1.29. The molecule has 1 aliphatic carbocycles. The van der Waals surface area contributed by atoms with Gasteiger partial charge in [-0.05, 0) is 36.8 Å². The Morgan fingerprint density at radius 2 is 1.88 bits per heavy atom. The number of carbonyl (C=O) groups is 1. The number of carboxylic acids is 1. The summed E-state index contributed by atoms with van der Waals surface area (Å²) in [6.07, 6.45) is 3.24. The molecule has 0 atom stereocenters. The Morgan fingerprint density at radius 3 is 2.48 bits per heavy atom. The first-order valence-electron chi connectivity index (χ1n) is 8.23. The van der Waals surface area contributed by atoms with Crippen LogP contribution in [0.15, 0.2) is 23.1 Å². The van der Waals surface area contributed by atoms with Crippen molar-refractivity contribution in [2.45, 2.75) is 18.9 Å². The van der Waals surface area contributed by atoms with E-state index in [1.165, 1.54) is 12.3 Å². The highest BCUT2D eigenvalue weighted by molar-refractivity contribution is 6.13. The van der Waals surface area contributed by atoms with E-state index < -0.39 is 17.2 Å². The average molecular weight is 366 g/mol. The van der Waals surface area contributed by atoms with Crippen molar-refractivity contribution >= 4 is 34.3 Å². The van der Waals surface area contributed by atoms with E-state index in [1.807, 2.05) is 4.90 Å². The number of aromatic carboxylic acids is 1. The van der Waals surface area contributed by atoms with E-state index in [0.717, 1.165) is 12.8 Å². The Balaban J connectivity index is 1.90. The van der Waals surface area contributed by atoms with Crippen molar-refractivity contribution in [2.75, 3.05) is 31.1 Å². The third-order valence-corrected chi connectivity index (χ3v) is 5.18. The number of hydrogen-bond acceptors (Lipinski definition) is 4. The number of hydrogen-bond donors (Lipinski definition) is 1. The summed E-state index contributed by atoms with van der Waals surface area (Å²) in [6, 6.07) is 3.00. The van der Waals surface area contributed by atoms with Gasteiger partial charge in [-0.15, -0.1) is 0 Å². The van der Waals surface area contributed by atoms with E-state index in [9.17, 15) is 19.1 Å². The second-order valence-corrected chi connectivity index (χ2v) is 7.01. The van der Waals surface area contributed by atoms with Gasteiger partial charge in [0, 0.05) is 43.8 Å². The van der Waals surface area contributed by atoms with Gasteiger partial charge in [0.2, 0.25) is 5.43 Å². The number of fused-ring (bicyclic) bond motifs is 1. The lowest BCUT2D eigenvalue weighted by Crippen LogP contribution is -2.42. The molecule has 0 amide bonds. The summed E-state index contributed by atoms with van der Waals surface area (Å²) in [7, 11) is 0. The summed E-state index contributed by atoms with van der Waals surface area (Å²) in [5.74, 6) is -1.80. The number of nitrogens with zero attached hydrogens (tertiary/aromatic N) is 3. The summed E-state index contributed by atoms with van der Waals surface area (Å²) in [5, 5.41) is 9.39. The molecule has 1 N–H and O–H groups in total. The van der Waals surface area contributed by atoms with Crippen molar-refractivity contribution in [3.8, 4) is 0 Å². The highest BCUT2D eigenvalue weighted by Crippen LogP contribution is 2.38. The molecule has 2 aromatic rings. The van der Waals surface area contributed by atoms with Gasteiger partial charge in [-0.2, -0.15) is 0 Å². The van der Waals surface area contributed by atoms with Crippen LogP contribution in [0.4, 0.5) is 10.1 Å². The molecule has 132 valence electrons. The third-order valence-electron chi connectivity index (χ3n) is 4.84. The van der Waals surface area contributed by atoms with E-state index in [4.69, 9.17) is 11.8 Å². The maximum atomic E-state index is 14.7. The largest absolute Gasteiger partial charge is 0.477 e. The smallest absolute Gasteiger partial charge is 0.341 e. The molecular formula is C17H17ClFN3O3. The highest BCUT2D eigenvalue weighted by Gasteiger charge is 2.28. The molecule has 6 nitrogen and oxygen atoms in total. The van der Waals surface area contributed by atoms with Gasteiger partial charge < -0.3 is 14.6 Å². The quantitative estimate of drug-likeness (QED) is 0.846. The van der Waals surface area contributed by atoms with Crippen LogP contribution in [0.5, 0.6) is 0 Å². The number of pyridine rings is 1. The zero-order valence-electron chi connectivity index (χ0n) is 13.4. The second kappa shape index (κ2) is 6.00. The molecule has 8 heteroatoms. The predicted octanol–water partition coefficient (Wildman–Crippen LogP) is 2.45. The molecule has 1 aromatic heterocycles. The number of halogens is 2. The standard InChI is InChI=1S/C17H17ClFN3O3/c18-21-5-3-20(4-6-21)15-8-14-11(7-13(15)19)16(23)12(17(24)25)9-22(14)10-1-2-10/h7-10H,1-6H2,(H,24,25). The molecule has 1 saturated heterocycles. The summed E-state index contributed by atoms with van der Waals surface area (Å²) < 4.78 is 18.1. The number of anilines is 1. The number of aromatic nitrogens is 1. The predicted molar refractivity (Wildman–Crippen MR) is 93.0 cm³/mol. The minimum Gasteiger partial charge on any atom is -0.477 e. The molecule has 1 saturated carbocycles. The maximum absolute atomic E-state index is 14.7. The summed E-state index contributed by atoms with van der Waals surface area (Å²) in [6.45, 7) is 2.42. The van der Waals surface area contributed by atoms with Gasteiger partial charge in [0.15, 0.2) is 0 Å². The first kappa shape index (κ1) is 16.4. The van der Waals surface area contributed by atoms with Crippen molar-refractivity contribution < 1.29 is 14.3 Å². The van der Waals surface area contributed by atoms with Gasteiger partial charge in [-0.25, -0.2) is 13.6 Å². The Bertz CT molecular complexity index is 917. The fourth-order valence-corrected chi connectivity index (χ4v) is 3.48. The molecule has 2 fully saturated rings. The summed E-state index contributed by atoms with van der Waals surface area (Å²) in [5.41, 5.74) is 0.0501. The lowest BCUT2D eigenvalue weighted by atomic mass is 10.1. The van der Waals surface area contributed by atoms with Crippen molar-refractivity contribution in [3.05, 3.63) is 39.9 Å². The Kier molecular flexibility index (Phi) is 3.92. The van der Waals surface area contributed by atoms with E-state index >= 15 is 0 Å². The van der Waals surface area contributed by atoms with Gasteiger partial charge in [0.1, 0.15) is 11.4 Å². The molecule has 0 bridgehead atoms. The number of benzene rings is 1. The first-order chi connectivity index (χ1) is 12.0. The number of piperazine rings is 1. The molecule has 2 aliphatic rings. The van der Waals surface area contributed by atoms with Crippen LogP contribution in [0.2, 0.25) is 0 Å². The van der Waals surface area contributed by atoms with E-state index in [2.05, 4.69) is 0 Å². The van der Waals surface area contributed by atoms with Gasteiger partial charge in [0.25, 0.3) is 0 Å². The number of rotatable bonds is 3. The molecule has 1 aromatic carbocycles. The molecule has 2 heterocycles. The zero-order valence-corrected chi connectivity index (χ0v) is 14.2. The van der Waals surface area contributed by atoms with Crippen LogP contribution in [0.25, 0.3) is 10.9 Å². The molecule has 1 aliphatic heterocycles. The topological polar surface area (TPSA) is 65.8 Å². The highest BCUT2D eigenvalue weighted by atomic mass is 35.5. The Morgan fingerprint density at radius 1 is 1.20 bits per heavy atom. The van der Waals surface area contributed by atoms with Gasteiger partial charge in [0.05, 0.1) is 11.2 Å². The van der Waals surface area contributed by atoms with Crippen LogP contribution in [0.1, 0.15) is 29.2 Å². The van der Waals surface area contributed by atoms with E-state index in [0.29, 0.717) is 37.4 Å². The van der Waals surface area contributed by atoms with Crippen LogP contribution in [0.3, 0.4) is 0 Å². The summed E-state index contributed by atoms with van der Waals surface area (Å²) in [4.78, 5) is 25.7. The normalized spacial score (nSPS) is 18.7. The molecular weight excluding hydrogens is 349 g/mol. The van der Waals surface area contributed by atoms with Gasteiger partial charge >= 0.3 is 5.97 Å². The lowest BCUT2D eigenvalue weighted by molar-refractivity contribution is 0.0695. The van der Waals surface area contributed by atoms with Crippen molar-refractivity contribution in [2.24, 2.45) is 0 Å². The van der Waals surface area contributed by atoms with Gasteiger partial charge in [-0.1, -0.05) is 0 Å². The van der Waals surface area contributed by atoms with E-state index in [-0.39, 0.29) is 17.0 Å². The molecule has 0 radical (unpaired) electrons. The Hall–Kier alpha value is -2.12. The third kappa shape index (κ3) is 2.87. The maximum Gasteiger partial charge on any atom is 0.341 e. The van der Waals surface area contributed by atoms with Crippen molar-refractivity contribution in [1.82, 2.24) is 8.99 Å². The second-order valence-electron chi connectivity index (χ2n) is 6.53. The fourth-order valence-electron chi connectivity index (χ4n) is 3.33. The van der Waals surface area contributed by atoms with Crippen LogP contribution in [-0.4, -0.2) is 46.2 Å². The molecule has 0 spiro atoms. The SMILES string of the molecule is O=C(O)c1cn(C2CC2)c2cc(N3CCN(Cl)CC3)c(F)cc2c1=O. The molecule has 0 unspecified atom stereocenters. The lowest BCUT2D eigenvalue weighted by Gasteiger charge is -2.33. The van der Waals surface area contributed by atoms with Crippen LogP contribution in [0, 0.1) is 5.82 Å². The minimum absolute atomic E-state index is 0.115. The molecule has 4 rings (SSSR count). The van der Waals surface area contributed by atoms with Crippen LogP contribution in [-0.2, 0) is 0 Å². The molecule has 25 heavy (non-hydrogen) atoms. The van der Waals surface area contributed by atoms with Crippen LogP contribution < -0.4 is 10.3 Å². The first-order valence-corrected chi connectivity index (χ1v) is 8.57. The van der Waals surface area contributed by atoms with E-state index in [1.54, 1.807) is 15.1 Å². The van der Waals surface area contributed by atoms with Crippen LogP contribution >= 0.6 is 11.8 Å². The van der Waals surface area contributed by atoms with Crippen molar-refractivity contribution in [1.29, 1.82) is 0 Å². The fraction of sp³-hybridized carbons (Fsp3) is 0.412. The Labute approximate surface area is 148 Å². The zero-order chi connectivity index (χ0) is 17.7. The summed E-state index contributed by atoms with van der Waals surface area (Å²) >= 11 is 5.96. The average Bonchev–Trinajstić information content (AvgIpc) is 3.41. The number of carboxylic acid groups (broad SMARTS) is 1.